The van der Waals surface area contributed by atoms with Gasteiger partial charge < -0.3 is 5.32 Å². The molecule has 1 aromatic carbocycles. The zero-order valence-electron chi connectivity index (χ0n) is 14.3. The van der Waals surface area contributed by atoms with Crippen LogP contribution in [0.1, 0.15) is 51.7 Å². The molecule has 0 saturated carbocycles. The SMILES string of the molecule is CC1CCCN(Cc2ccccc2CCNC(C)(C)C)C1. The molecular formula is C19H32N2. The van der Waals surface area contributed by atoms with Crippen LogP contribution in [0.4, 0.5) is 0 Å². The highest BCUT2D eigenvalue weighted by atomic mass is 15.1. The third-order valence-electron chi connectivity index (χ3n) is 4.30. The van der Waals surface area contributed by atoms with Gasteiger partial charge in [-0.3, -0.25) is 4.90 Å². The molecule has 21 heavy (non-hydrogen) atoms. The molecular weight excluding hydrogens is 256 g/mol. The van der Waals surface area contributed by atoms with Gasteiger partial charge in [0.05, 0.1) is 0 Å². The van der Waals surface area contributed by atoms with Gasteiger partial charge in [0, 0.05) is 18.6 Å². The summed E-state index contributed by atoms with van der Waals surface area (Å²) in [6, 6.07) is 8.97. The van der Waals surface area contributed by atoms with E-state index in [1.54, 1.807) is 0 Å². The van der Waals surface area contributed by atoms with E-state index in [1.165, 1.54) is 37.1 Å². The first-order valence-corrected chi connectivity index (χ1v) is 8.48. The smallest absolute Gasteiger partial charge is 0.0236 e. The van der Waals surface area contributed by atoms with E-state index in [4.69, 9.17) is 0 Å². The standard InChI is InChI=1S/C19H32N2/c1-16-8-7-13-21(14-16)15-18-10-6-5-9-17(18)11-12-20-19(2,3)4/h5-6,9-10,16,20H,7-8,11-15H2,1-4H3. The maximum atomic E-state index is 3.59. The zero-order valence-corrected chi connectivity index (χ0v) is 14.3. The minimum Gasteiger partial charge on any atom is -0.312 e. The first-order chi connectivity index (χ1) is 9.94. The molecule has 0 bridgehead atoms. The van der Waals surface area contributed by atoms with Crippen LogP contribution in [0, 0.1) is 5.92 Å². The molecule has 1 heterocycles. The Labute approximate surface area is 130 Å². The van der Waals surface area contributed by atoms with Crippen LogP contribution >= 0.6 is 0 Å². The fourth-order valence-electron chi connectivity index (χ4n) is 3.20. The quantitative estimate of drug-likeness (QED) is 0.885. The molecule has 0 amide bonds. The van der Waals surface area contributed by atoms with Crippen molar-refractivity contribution < 1.29 is 0 Å². The Balaban J connectivity index is 1.93. The number of piperidine rings is 1. The zero-order chi connectivity index (χ0) is 15.3. The van der Waals surface area contributed by atoms with Gasteiger partial charge in [-0.1, -0.05) is 31.2 Å². The van der Waals surface area contributed by atoms with Crippen LogP contribution in [0.25, 0.3) is 0 Å². The lowest BCUT2D eigenvalue weighted by atomic mass is 9.98. The molecule has 1 N–H and O–H groups in total. The van der Waals surface area contributed by atoms with Crippen LogP contribution in [0.3, 0.4) is 0 Å². The number of nitrogens with one attached hydrogen (secondary N) is 1. The summed E-state index contributed by atoms with van der Waals surface area (Å²) >= 11 is 0. The maximum Gasteiger partial charge on any atom is 0.0236 e. The van der Waals surface area contributed by atoms with E-state index in [1.807, 2.05) is 0 Å². The number of likely N-dealkylation sites (tertiary alicyclic amines) is 1. The molecule has 0 radical (unpaired) electrons. The van der Waals surface area contributed by atoms with Gasteiger partial charge in [0.2, 0.25) is 0 Å². The maximum absolute atomic E-state index is 3.59. The lowest BCUT2D eigenvalue weighted by molar-refractivity contribution is 0.176. The minimum atomic E-state index is 0.206. The summed E-state index contributed by atoms with van der Waals surface area (Å²) in [5.74, 6) is 0.855. The van der Waals surface area contributed by atoms with Crippen molar-refractivity contribution in [2.24, 2.45) is 5.92 Å². The van der Waals surface area contributed by atoms with E-state index in [-0.39, 0.29) is 5.54 Å². The topological polar surface area (TPSA) is 15.3 Å². The van der Waals surface area contributed by atoms with Crippen molar-refractivity contribution in [3.63, 3.8) is 0 Å². The van der Waals surface area contributed by atoms with Gasteiger partial charge in [-0.2, -0.15) is 0 Å². The number of benzene rings is 1. The van der Waals surface area contributed by atoms with E-state index in [2.05, 4.69) is 62.2 Å². The van der Waals surface area contributed by atoms with E-state index in [0.717, 1.165) is 25.4 Å². The minimum absolute atomic E-state index is 0.206. The fourth-order valence-corrected chi connectivity index (χ4v) is 3.20. The summed E-state index contributed by atoms with van der Waals surface area (Å²) in [7, 11) is 0. The third-order valence-corrected chi connectivity index (χ3v) is 4.30. The third kappa shape index (κ3) is 5.80. The van der Waals surface area contributed by atoms with Crippen molar-refractivity contribution in [2.45, 2.75) is 59.0 Å². The van der Waals surface area contributed by atoms with Crippen LogP contribution in [-0.4, -0.2) is 30.1 Å². The molecule has 1 atom stereocenters. The molecule has 1 aliphatic heterocycles. The summed E-state index contributed by atoms with van der Waals surface area (Å²) in [4.78, 5) is 2.63. The fraction of sp³-hybridized carbons (Fsp3) is 0.684. The van der Waals surface area contributed by atoms with Crippen LogP contribution in [0.5, 0.6) is 0 Å². The average Bonchev–Trinajstić information content (AvgIpc) is 2.39. The van der Waals surface area contributed by atoms with Crippen LogP contribution in [-0.2, 0) is 13.0 Å². The summed E-state index contributed by atoms with van der Waals surface area (Å²) in [6.07, 6.45) is 3.87. The molecule has 0 aromatic heterocycles. The van der Waals surface area contributed by atoms with E-state index < -0.39 is 0 Å². The highest BCUT2D eigenvalue weighted by Gasteiger charge is 2.17. The molecule has 0 spiro atoms. The van der Waals surface area contributed by atoms with Crippen molar-refractivity contribution in [3.05, 3.63) is 35.4 Å². The second-order valence-electron chi connectivity index (χ2n) is 7.68. The predicted octanol–water partition coefficient (Wildman–Crippen LogP) is 3.85. The highest BCUT2D eigenvalue weighted by Crippen LogP contribution is 2.19. The summed E-state index contributed by atoms with van der Waals surface area (Å²) < 4.78 is 0. The first kappa shape index (κ1) is 16.5. The second-order valence-corrected chi connectivity index (χ2v) is 7.68. The van der Waals surface area contributed by atoms with Crippen LogP contribution < -0.4 is 5.32 Å². The number of nitrogens with zero attached hydrogens (tertiary/aromatic N) is 1. The Hall–Kier alpha value is -0.860. The number of rotatable bonds is 5. The van der Waals surface area contributed by atoms with Gasteiger partial charge in [-0.25, -0.2) is 0 Å². The normalized spacial score (nSPS) is 20.7. The molecule has 118 valence electrons. The monoisotopic (exact) mass is 288 g/mol. The Morgan fingerprint density at radius 3 is 2.57 bits per heavy atom. The van der Waals surface area contributed by atoms with E-state index >= 15 is 0 Å². The van der Waals surface area contributed by atoms with Gasteiger partial charge in [-0.05, 0) is 70.2 Å². The van der Waals surface area contributed by atoms with Crippen LogP contribution in [0.2, 0.25) is 0 Å². The largest absolute Gasteiger partial charge is 0.312 e. The number of hydrogen-bond acceptors (Lipinski definition) is 2. The van der Waals surface area contributed by atoms with Crippen molar-refractivity contribution in [1.29, 1.82) is 0 Å². The van der Waals surface area contributed by atoms with Gasteiger partial charge in [0.25, 0.3) is 0 Å². The van der Waals surface area contributed by atoms with Crippen molar-refractivity contribution in [3.8, 4) is 0 Å². The first-order valence-electron chi connectivity index (χ1n) is 8.48. The molecule has 1 aromatic rings. The van der Waals surface area contributed by atoms with Crippen molar-refractivity contribution in [2.75, 3.05) is 19.6 Å². The summed E-state index contributed by atoms with van der Waals surface area (Å²) in [5.41, 5.74) is 3.23. The molecule has 1 unspecified atom stereocenters. The summed E-state index contributed by atoms with van der Waals surface area (Å²) in [5, 5.41) is 3.59. The Kier molecular flexibility index (Phi) is 5.83. The van der Waals surface area contributed by atoms with Crippen LogP contribution in [0.15, 0.2) is 24.3 Å². The second kappa shape index (κ2) is 7.42. The Bertz CT molecular complexity index is 433. The van der Waals surface area contributed by atoms with Crippen molar-refractivity contribution in [1.82, 2.24) is 10.2 Å². The highest BCUT2D eigenvalue weighted by molar-refractivity contribution is 5.27. The van der Waals surface area contributed by atoms with E-state index in [9.17, 15) is 0 Å². The summed E-state index contributed by atoms with van der Waals surface area (Å²) in [6.45, 7) is 13.8. The Morgan fingerprint density at radius 1 is 1.19 bits per heavy atom. The molecule has 2 nitrogen and oxygen atoms in total. The molecule has 0 aliphatic carbocycles. The molecule has 1 fully saturated rings. The lowest BCUT2D eigenvalue weighted by Gasteiger charge is -2.31. The predicted molar refractivity (Wildman–Crippen MR) is 91.6 cm³/mol. The van der Waals surface area contributed by atoms with Crippen molar-refractivity contribution >= 4 is 0 Å². The molecule has 2 heteroatoms. The molecule has 1 aliphatic rings. The number of hydrogen-bond donors (Lipinski definition) is 1. The van der Waals surface area contributed by atoms with Gasteiger partial charge >= 0.3 is 0 Å². The molecule has 1 saturated heterocycles. The van der Waals surface area contributed by atoms with Gasteiger partial charge in [0.15, 0.2) is 0 Å². The van der Waals surface area contributed by atoms with Gasteiger partial charge in [0.1, 0.15) is 0 Å². The van der Waals surface area contributed by atoms with E-state index in [0.29, 0.717) is 0 Å². The van der Waals surface area contributed by atoms with Gasteiger partial charge in [-0.15, -0.1) is 0 Å². The lowest BCUT2D eigenvalue weighted by Crippen LogP contribution is -2.37. The molecule has 2 rings (SSSR count). The Morgan fingerprint density at radius 2 is 1.90 bits per heavy atom. The average molecular weight is 288 g/mol.